The Morgan fingerprint density at radius 1 is 1.04 bits per heavy atom. The molecule has 6 heteroatoms. The van der Waals surface area contributed by atoms with E-state index in [0.717, 1.165) is 24.0 Å². The first-order chi connectivity index (χ1) is 11.3. The summed E-state index contributed by atoms with van der Waals surface area (Å²) in [5, 5.41) is 0. The number of hydrogen-bond donors (Lipinski definition) is 0. The fourth-order valence-electron chi connectivity index (χ4n) is 3.31. The summed E-state index contributed by atoms with van der Waals surface area (Å²) in [5.74, 6) is 0.407. The van der Waals surface area contributed by atoms with Gasteiger partial charge in [-0.2, -0.15) is 13.2 Å². The Morgan fingerprint density at radius 2 is 1.56 bits per heavy atom. The number of halogens is 3. The topological polar surface area (TPSA) is 18.5 Å². The van der Waals surface area contributed by atoms with E-state index < -0.39 is 30.1 Å². The van der Waals surface area contributed by atoms with Gasteiger partial charge in [-0.15, -0.1) is 0 Å². The molecular formula is C19H26BF3O2. The second kappa shape index (κ2) is 5.75. The molecule has 1 aliphatic heterocycles. The Kier molecular flexibility index (Phi) is 4.32. The Balaban J connectivity index is 2.13. The van der Waals surface area contributed by atoms with Crippen molar-refractivity contribution in [2.24, 2.45) is 0 Å². The highest BCUT2D eigenvalue weighted by atomic mass is 19.4. The third kappa shape index (κ3) is 3.35. The average molecular weight is 354 g/mol. The van der Waals surface area contributed by atoms with E-state index in [1.165, 1.54) is 6.07 Å². The minimum absolute atomic E-state index is 0.0454. The highest BCUT2D eigenvalue weighted by Gasteiger charge is 2.54. The summed E-state index contributed by atoms with van der Waals surface area (Å²) < 4.78 is 53.1. The predicted molar refractivity (Wildman–Crippen MR) is 93.2 cm³/mol. The number of alkyl halides is 3. The smallest absolute Gasteiger partial charge is 0.399 e. The molecule has 0 radical (unpaired) electrons. The maximum absolute atomic E-state index is 13.8. The molecule has 0 aromatic heterocycles. The van der Waals surface area contributed by atoms with Crippen LogP contribution in [0.25, 0.3) is 0 Å². The van der Waals surface area contributed by atoms with Crippen LogP contribution in [0.15, 0.2) is 12.1 Å². The van der Waals surface area contributed by atoms with Crippen LogP contribution in [0.3, 0.4) is 0 Å². The van der Waals surface area contributed by atoms with Crippen molar-refractivity contribution in [3.63, 3.8) is 0 Å². The zero-order valence-electron chi connectivity index (χ0n) is 15.8. The minimum Gasteiger partial charge on any atom is -0.399 e. The second-order valence-corrected chi connectivity index (χ2v) is 8.58. The molecule has 1 aliphatic carbocycles. The molecule has 25 heavy (non-hydrogen) atoms. The van der Waals surface area contributed by atoms with Gasteiger partial charge in [0.2, 0.25) is 0 Å². The van der Waals surface area contributed by atoms with Crippen molar-refractivity contribution in [3.8, 4) is 0 Å². The van der Waals surface area contributed by atoms with E-state index in [0.29, 0.717) is 5.92 Å². The molecule has 2 nitrogen and oxygen atoms in total. The van der Waals surface area contributed by atoms with Crippen molar-refractivity contribution >= 4 is 12.6 Å². The van der Waals surface area contributed by atoms with Gasteiger partial charge in [-0.05, 0) is 75.0 Å². The summed E-state index contributed by atoms with van der Waals surface area (Å²) in [6.45, 7) is 11.3. The molecule has 0 N–H and O–H groups in total. The van der Waals surface area contributed by atoms with Crippen LogP contribution in [0, 0.1) is 0 Å². The summed E-state index contributed by atoms with van der Waals surface area (Å²) in [6, 6.07) is 3.01. The van der Waals surface area contributed by atoms with Gasteiger partial charge >= 0.3 is 13.3 Å². The summed E-state index contributed by atoms with van der Waals surface area (Å²) >= 11 is 0. The predicted octanol–water partition coefficient (Wildman–Crippen LogP) is 5.01. The van der Waals surface area contributed by atoms with Crippen LogP contribution in [-0.2, 0) is 15.5 Å². The van der Waals surface area contributed by atoms with Crippen molar-refractivity contribution in [2.45, 2.75) is 83.6 Å². The van der Waals surface area contributed by atoms with Gasteiger partial charge < -0.3 is 9.31 Å². The van der Waals surface area contributed by atoms with Crippen LogP contribution in [-0.4, -0.2) is 18.3 Å². The highest BCUT2D eigenvalue weighted by Crippen LogP contribution is 2.45. The Labute approximate surface area is 148 Å². The highest BCUT2D eigenvalue weighted by molar-refractivity contribution is 6.62. The van der Waals surface area contributed by atoms with Gasteiger partial charge in [0.25, 0.3) is 0 Å². The molecule has 1 saturated heterocycles. The van der Waals surface area contributed by atoms with Gasteiger partial charge in [0.15, 0.2) is 0 Å². The Hall–Kier alpha value is -1.01. The maximum atomic E-state index is 13.8. The molecule has 2 fully saturated rings. The zero-order chi connectivity index (χ0) is 18.8. The fraction of sp³-hybridized carbons (Fsp3) is 0.684. The molecule has 2 aliphatic rings. The monoisotopic (exact) mass is 354 g/mol. The molecule has 138 valence electrons. The van der Waals surface area contributed by atoms with Crippen molar-refractivity contribution in [2.75, 3.05) is 0 Å². The summed E-state index contributed by atoms with van der Waals surface area (Å²) in [7, 11) is -1.000. The van der Waals surface area contributed by atoms with E-state index in [1.807, 2.05) is 41.5 Å². The van der Waals surface area contributed by atoms with Crippen molar-refractivity contribution < 1.29 is 22.5 Å². The van der Waals surface area contributed by atoms with E-state index in [2.05, 4.69) is 0 Å². The normalized spacial score (nSPS) is 22.7. The molecule has 1 aromatic rings. The van der Waals surface area contributed by atoms with E-state index in [4.69, 9.17) is 9.31 Å². The fourth-order valence-corrected chi connectivity index (χ4v) is 3.31. The van der Waals surface area contributed by atoms with Crippen molar-refractivity contribution in [1.82, 2.24) is 0 Å². The molecule has 1 heterocycles. The van der Waals surface area contributed by atoms with E-state index in [9.17, 15) is 13.2 Å². The Bertz CT molecular complexity index is 660. The van der Waals surface area contributed by atoms with Crippen molar-refractivity contribution in [1.29, 1.82) is 0 Å². The first kappa shape index (κ1) is 18.8. The Morgan fingerprint density at radius 3 is 1.96 bits per heavy atom. The number of benzene rings is 1. The molecule has 0 unspecified atom stereocenters. The lowest BCUT2D eigenvalue weighted by Gasteiger charge is -2.32. The summed E-state index contributed by atoms with van der Waals surface area (Å²) in [4.78, 5) is 0. The van der Waals surface area contributed by atoms with Crippen LogP contribution in [0.4, 0.5) is 13.2 Å². The van der Waals surface area contributed by atoms with Crippen LogP contribution < -0.4 is 5.46 Å². The molecule has 0 bridgehead atoms. The zero-order valence-corrected chi connectivity index (χ0v) is 15.8. The van der Waals surface area contributed by atoms with E-state index >= 15 is 0 Å². The van der Waals surface area contributed by atoms with Crippen molar-refractivity contribution in [3.05, 3.63) is 28.8 Å². The number of hydrogen-bond acceptors (Lipinski definition) is 2. The van der Waals surface area contributed by atoms with E-state index in [-0.39, 0.29) is 11.4 Å². The third-order valence-corrected chi connectivity index (χ3v) is 5.71. The number of rotatable bonds is 3. The molecule has 3 rings (SSSR count). The lowest BCUT2D eigenvalue weighted by molar-refractivity contribution is -0.136. The molecule has 1 aromatic carbocycles. The SMILES string of the molecule is CC(C)c1cc(C(F)(F)F)c(B2OC(C)(C)C(C)(C)O2)cc1C1CC1. The first-order valence-corrected chi connectivity index (χ1v) is 8.94. The quantitative estimate of drug-likeness (QED) is 0.711. The van der Waals surface area contributed by atoms with Gasteiger partial charge in [0.05, 0.1) is 16.8 Å². The van der Waals surface area contributed by atoms with Gasteiger partial charge in [-0.3, -0.25) is 0 Å². The van der Waals surface area contributed by atoms with Gasteiger partial charge in [0.1, 0.15) is 0 Å². The summed E-state index contributed by atoms with van der Waals surface area (Å²) in [6.07, 6.45) is -2.37. The van der Waals surface area contributed by atoms with Crippen LogP contribution in [0.1, 0.15) is 82.9 Å². The maximum Gasteiger partial charge on any atom is 0.495 e. The standard InChI is InChI=1S/C19H26BF3O2/c1-11(2)13-9-15(19(21,22)23)16(10-14(13)12-7-8-12)20-24-17(3,4)18(5,6)25-20/h9-12H,7-8H2,1-6H3. The van der Waals surface area contributed by atoms with Crippen LogP contribution in [0.2, 0.25) is 0 Å². The van der Waals surface area contributed by atoms with Gasteiger partial charge in [0, 0.05) is 0 Å². The minimum atomic E-state index is -4.44. The molecular weight excluding hydrogens is 328 g/mol. The molecule has 0 spiro atoms. The molecule has 0 atom stereocenters. The molecule has 0 amide bonds. The molecule has 1 saturated carbocycles. The lowest BCUT2D eigenvalue weighted by Crippen LogP contribution is -2.41. The van der Waals surface area contributed by atoms with Crippen LogP contribution in [0.5, 0.6) is 0 Å². The third-order valence-electron chi connectivity index (χ3n) is 5.71. The van der Waals surface area contributed by atoms with E-state index in [1.54, 1.807) is 6.07 Å². The summed E-state index contributed by atoms with van der Waals surface area (Å²) in [5.41, 5.74) is -0.0621. The van der Waals surface area contributed by atoms with Gasteiger partial charge in [-0.25, -0.2) is 0 Å². The largest absolute Gasteiger partial charge is 0.495 e. The van der Waals surface area contributed by atoms with Crippen LogP contribution >= 0.6 is 0 Å². The average Bonchev–Trinajstić information content (AvgIpc) is 3.24. The second-order valence-electron chi connectivity index (χ2n) is 8.58. The first-order valence-electron chi connectivity index (χ1n) is 8.94. The lowest BCUT2D eigenvalue weighted by atomic mass is 9.73. The van der Waals surface area contributed by atoms with Gasteiger partial charge in [-0.1, -0.05) is 19.9 Å².